The zero-order valence-electron chi connectivity index (χ0n) is 8.97. The topological polar surface area (TPSA) is 39.2 Å². The van der Waals surface area contributed by atoms with Gasteiger partial charge in [-0.1, -0.05) is 18.2 Å². The quantitative estimate of drug-likeness (QED) is 0.788. The lowest BCUT2D eigenvalue weighted by molar-refractivity contribution is 0.444. The second-order valence-electron chi connectivity index (χ2n) is 3.07. The minimum absolute atomic E-state index is 0.633. The van der Waals surface area contributed by atoms with Crippen molar-refractivity contribution >= 4 is 33.7 Å². The second-order valence-corrected chi connectivity index (χ2v) is 5.13. The Bertz CT molecular complexity index is 542. The predicted octanol–water partition coefficient (Wildman–Crippen LogP) is 2.63. The average molecular weight is 253 g/mol. The summed E-state index contributed by atoms with van der Waals surface area (Å²) in [7, 11) is 1.43. The summed E-state index contributed by atoms with van der Waals surface area (Å²) in [5, 5.41) is 1.01. The summed E-state index contributed by atoms with van der Waals surface area (Å²) >= 11 is 0.114. The van der Waals surface area contributed by atoms with Gasteiger partial charge >= 0.3 is 0 Å². The van der Waals surface area contributed by atoms with Crippen LogP contribution in [-0.2, 0) is 15.3 Å². The molecule has 1 aromatic heterocycles. The number of rotatable bonds is 3. The van der Waals surface area contributed by atoms with Crippen LogP contribution in [-0.4, -0.2) is 22.6 Å². The van der Waals surface area contributed by atoms with E-state index < -0.39 is 11.1 Å². The van der Waals surface area contributed by atoms with Crippen molar-refractivity contribution in [1.82, 2.24) is 4.98 Å². The summed E-state index contributed by atoms with van der Waals surface area (Å²) in [6, 6.07) is 7.80. The van der Waals surface area contributed by atoms with E-state index in [0.29, 0.717) is 4.90 Å². The number of fused-ring (bicyclic) bond motifs is 1. The summed E-state index contributed by atoms with van der Waals surface area (Å²) in [6.07, 6.45) is 3.58. The van der Waals surface area contributed by atoms with Crippen LogP contribution < -0.4 is 0 Å². The molecule has 1 atom stereocenters. The lowest BCUT2D eigenvalue weighted by Crippen LogP contribution is -1.97. The van der Waals surface area contributed by atoms with Crippen molar-refractivity contribution < 1.29 is 8.39 Å². The van der Waals surface area contributed by atoms with Crippen molar-refractivity contribution in [2.45, 2.75) is 9.79 Å². The molecule has 0 aliphatic carbocycles. The van der Waals surface area contributed by atoms with Crippen LogP contribution in [0.15, 0.2) is 40.3 Å². The van der Waals surface area contributed by atoms with E-state index in [9.17, 15) is 4.21 Å². The fourth-order valence-electron chi connectivity index (χ4n) is 1.52. The zero-order valence-corrected chi connectivity index (χ0v) is 10.6. The van der Waals surface area contributed by atoms with Crippen LogP contribution in [0.1, 0.15) is 0 Å². The van der Waals surface area contributed by atoms with Gasteiger partial charge in [0.2, 0.25) is 0 Å². The molecule has 2 aromatic rings. The molecule has 1 heterocycles. The van der Waals surface area contributed by atoms with Gasteiger partial charge in [0.25, 0.3) is 0 Å². The molecule has 0 amide bonds. The summed E-state index contributed by atoms with van der Waals surface area (Å²) < 4.78 is 16.5. The molecule has 2 rings (SSSR count). The second kappa shape index (κ2) is 4.95. The molecular formula is C11H11NO2S2. The number of benzene rings is 1. The maximum absolute atomic E-state index is 11.7. The van der Waals surface area contributed by atoms with Gasteiger partial charge in [-0.25, -0.2) is 4.21 Å². The standard InChI is InChI=1S/C11H11NO2S2/c1-14-16(13)10-7-12-9-6-4-3-5-8(9)11(10)15-2/h3-7H,1-2H3. The Labute approximate surface area is 101 Å². The highest BCUT2D eigenvalue weighted by molar-refractivity contribution is 7.99. The van der Waals surface area contributed by atoms with Crippen LogP contribution in [0.25, 0.3) is 10.9 Å². The molecular weight excluding hydrogens is 242 g/mol. The fourth-order valence-corrected chi connectivity index (χ4v) is 3.20. The Hall–Kier alpha value is -0.910. The Morgan fingerprint density at radius 3 is 2.81 bits per heavy atom. The third kappa shape index (κ3) is 1.98. The first-order valence-electron chi connectivity index (χ1n) is 4.66. The normalized spacial score (nSPS) is 12.9. The van der Waals surface area contributed by atoms with Gasteiger partial charge in [-0.3, -0.25) is 9.17 Å². The monoisotopic (exact) mass is 253 g/mol. The van der Waals surface area contributed by atoms with E-state index in [4.69, 9.17) is 4.18 Å². The van der Waals surface area contributed by atoms with Crippen LogP contribution in [0.3, 0.4) is 0 Å². The first kappa shape index (κ1) is 11.6. The molecule has 0 aliphatic heterocycles. The minimum atomic E-state index is -1.44. The number of para-hydroxylation sites is 1. The molecule has 0 radical (unpaired) electrons. The van der Waals surface area contributed by atoms with Crippen LogP contribution >= 0.6 is 11.8 Å². The third-order valence-corrected chi connectivity index (χ3v) is 4.18. The smallest absolute Gasteiger partial charge is 0.191 e. The third-order valence-electron chi connectivity index (χ3n) is 2.23. The van der Waals surface area contributed by atoms with E-state index in [2.05, 4.69) is 4.98 Å². The zero-order chi connectivity index (χ0) is 11.5. The maximum atomic E-state index is 11.7. The van der Waals surface area contributed by atoms with Crippen molar-refractivity contribution in [2.75, 3.05) is 13.4 Å². The summed E-state index contributed by atoms with van der Waals surface area (Å²) in [6.45, 7) is 0. The van der Waals surface area contributed by atoms with Crippen molar-refractivity contribution in [3.63, 3.8) is 0 Å². The Balaban J connectivity index is 2.72. The number of hydrogen-bond acceptors (Lipinski definition) is 4. The van der Waals surface area contributed by atoms with Crippen molar-refractivity contribution in [3.8, 4) is 0 Å². The molecule has 1 unspecified atom stereocenters. The Kier molecular flexibility index (Phi) is 3.58. The molecule has 3 nitrogen and oxygen atoms in total. The highest BCUT2D eigenvalue weighted by Gasteiger charge is 2.13. The van der Waals surface area contributed by atoms with Crippen molar-refractivity contribution in [1.29, 1.82) is 0 Å². The molecule has 0 bridgehead atoms. The molecule has 16 heavy (non-hydrogen) atoms. The molecule has 1 aromatic carbocycles. The predicted molar refractivity (Wildman–Crippen MR) is 66.9 cm³/mol. The molecule has 0 saturated carbocycles. The molecule has 84 valence electrons. The molecule has 0 N–H and O–H groups in total. The Morgan fingerprint density at radius 1 is 1.38 bits per heavy atom. The van der Waals surface area contributed by atoms with E-state index >= 15 is 0 Å². The molecule has 0 fully saturated rings. The number of thioether (sulfide) groups is 1. The summed E-state index contributed by atoms with van der Waals surface area (Å²) in [5.41, 5.74) is 0.906. The van der Waals surface area contributed by atoms with Gasteiger partial charge in [0.05, 0.1) is 17.5 Å². The maximum Gasteiger partial charge on any atom is 0.191 e. The molecule has 0 aliphatic rings. The van der Waals surface area contributed by atoms with Gasteiger partial charge in [0.1, 0.15) is 0 Å². The van der Waals surface area contributed by atoms with Gasteiger partial charge < -0.3 is 0 Å². The Morgan fingerprint density at radius 2 is 2.12 bits per heavy atom. The van der Waals surface area contributed by atoms with Gasteiger partial charge in [-0.15, -0.1) is 11.8 Å². The lowest BCUT2D eigenvalue weighted by atomic mass is 10.2. The van der Waals surface area contributed by atoms with Crippen molar-refractivity contribution in [3.05, 3.63) is 30.5 Å². The van der Waals surface area contributed by atoms with Gasteiger partial charge in [-0.2, -0.15) is 0 Å². The van der Waals surface area contributed by atoms with E-state index in [1.165, 1.54) is 7.11 Å². The van der Waals surface area contributed by atoms with Crippen LogP contribution in [0.2, 0.25) is 0 Å². The highest BCUT2D eigenvalue weighted by Crippen LogP contribution is 2.30. The van der Waals surface area contributed by atoms with E-state index in [1.807, 2.05) is 30.5 Å². The average Bonchev–Trinajstić information content (AvgIpc) is 2.36. The summed E-state index contributed by atoms with van der Waals surface area (Å²) in [4.78, 5) is 5.87. The SMILES string of the molecule is COS(=O)c1cnc2ccccc2c1SC. The molecule has 0 saturated heterocycles. The number of nitrogens with zero attached hydrogens (tertiary/aromatic N) is 1. The number of pyridine rings is 1. The van der Waals surface area contributed by atoms with E-state index in [0.717, 1.165) is 15.8 Å². The van der Waals surface area contributed by atoms with Gasteiger partial charge in [0, 0.05) is 16.5 Å². The minimum Gasteiger partial charge on any atom is -0.290 e. The van der Waals surface area contributed by atoms with Crippen LogP contribution in [0.5, 0.6) is 0 Å². The van der Waals surface area contributed by atoms with Crippen molar-refractivity contribution in [2.24, 2.45) is 0 Å². The van der Waals surface area contributed by atoms with Gasteiger partial charge in [-0.05, 0) is 12.3 Å². The van der Waals surface area contributed by atoms with Crippen LogP contribution in [0, 0.1) is 0 Å². The largest absolute Gasteiger partial charge is 0.290 e. The lowest BCUT2D eigenvalue weighted by Gasteiger charge is -2.08. The van der Waals surface area contributed by atoms with E-state index in [-0.39, 0.29) is 0 Å². The molecule has 5 heteroatoms. The number of hydrogen-bond donors (Lipinski definition) is 0. The fraction of sp³-hybridized carbons (Fsp3) is 0.182. The van der Waals surface area contributed by atoms with E-state index in [1.54, 1.807) is 18.0 Å². The first-order valence-corrected chi connectivity index (χ1v) is 6.96. The van der Waals surface area contributed by atoms with Gasteiger partial charge in [0.15, 0.2) is 11.1 Å². The first-order chi connectivity index (χ1) is 7.77. The molecule has 0 spiro atoms. The number of aromatic nitrogens is 1. The van der Waals surface area contributed by atoms with Crippen LogP contribution in [0.4, 0.5) is 0 Å². The summed E-state index contributed by atoms with van der Waals surface area (Å²) in [5.74, 6) is 0. The highest BCUT2D eigenvalue weighted by atomic mass is 32.2.